The van der Waals surface area contributed by atoms with Crippen molar-refractivity contribution >= 4 is 23.2 Å². The standard InChI is InChI=1S/C18H16ClN3O/c1-11-3-4-12(2)15(9-11)20-18(23)17-10-16(21-22-17)13-5-7-14(19)8-6-13/h3-10H,1-2H3,(H,20,23)(H,21,22). The zero-order valence-electron chi connectivity index (χ0n) is 12.9. The number of anilines is 1. The molecule has 0 saturated heterocycles. The second-order valence-electron chi connectivity index (χ2n) is 5.45. The van der Waals surface area contributed by atoms with Gasteiger partial charge in [0.15, 0.2) is 0 Å². The van der Waals surface area contributed by atoms with Crippen LogP contribution < -0.4 is 5.32 Å². The van der Waals surface area contributed by atoms with Crippen molar-refractivity contribution in [2.45, 2.75) is 13.8 Å². The molecule has 3 aromatic rings. The highest BCUT2D eigenvalue weighted by Crippen LogP contribution is 2.21. The lowest BCUT2D eigenvalue weighted by Crippen LogP contribution is -2.13. The number of hydrogen-bond acceptors (Lipinski definition) is 2. The quantitative estimate of drug-likeness (QED) is 0.739. The number of carbonyl (C=O) groups is 1. The molecule has 0 spiro atoms. The third kappa shape index (κ3) is 3.43. The van der Waals surface area contributed by atoms with E-state index >= 15 is 0 Å². The van der Waals surface area contributed by atoms with Gasteiger partial charge in [0.25, 0.3) is 5.91 Å². The number of aromatic amines is 1. The predicted octanol–water partition coefficient (Wildman–Crippen LogP) is 4.60. The van der Waals surface area contributed by atoms with Crippen LogP contribution in [0.25, 0.3) is 11.3 Å². The van der Waals surface area contributed by atoms with Gasteiger partial charge in [0.05, 0.1) is 5.69 Å². The number of hydrogen-bond donors (Lipinski definition) is 2. The molecule has 23 heavy (non-hydrogen) atoms. The highest BCUT2D eigenvalue weighted by Gasteiger charge is 2.12. The maximum absolute atomic E-state index is 12.4. The lowest BCUT2D eigenvalue weighted by molar-refractivity contribution is 0.102. The third-order valence-electron chi connectivity index (χ3n) is 3.60. The van der Waals surface area contributed by atoms with Gasteiger partial charge in [0.2, 0.25) is 0 Å². The van der Waals surface area contributed by atoms with Crippen molar-refractivity contribution in [2.24, 2.45) is 0 Å². The average molecular weight is 326 g/mol. The highest BCUT2D eigenvalue weighted by molar-refractivity contribution is 6.30. The molecule has 0 fully saturated rings. The van der Waals surface area contributed by atoms with Gasteiger partial charge in [0, 0.05) is 16.3 Å². The van der Waals surface area contributed by atoms with E-state index in [4.69, 9.17) is 11.6 Å². The minimum atomic E-state index is -0.216. The summed E-state index contributed by atoms with van der Waals surface area (Å²) in [5, 5.41) is 10.5. The minimum Gasteiger partial charge on any atom is -0.320 e. The topological polar surface area (TPSA) is 57.8 Å². The van der Waals surface area contributed by atoms with Crippen LogP contribution >= 0.6 is 11.6 Å². The molecular weight excluding hydrogens is 310 g/mol. The summed E-state index contributed by atoms with van der Waals surface area (Å²) < 4.78 is 0. The Morgan fingerprint density at radius 1 is 1.09 bits per heavy atom. The molecule has 2 aromatic carbocycles. The van der Waals surface area contributed by atoms with Gasteiger partial charge in [-0.3, -0.25) is 9.89 Å². The Morgan fingerprint density at radius 2 is 1.83 bits per heavy atom. The van der Waals surface area contributed by atoms with Crippen molar-refractivity contribution in [1.29, 1.82) is 0 Å². The number of nitrogens with one attached hydrogen (secondary N) is 2. The fraction of sp³-hybridized carbons (Fsp3) is 0.111. The van der Waals surface area contributed by atoms with Gasteiger partial charge < -0.3 is 5.32 Å². The molecule has 5 heteroatoms. The first-order valence-corrected chi connectivity index (χ1v) is 7.61. The summed E-state index contributed by atoms with van der Waals surface area (Å²) in [4.78, 5) is 12.4. The molecule has 1 amide bonds. The van der Waals surface area contributed by atoms with Crippen molar-refractivity contribution in [3.63, 3.8) is 0 Å². The summed E-state index contributed by atoms with van der Waals surface area (Å²) in [5.41, 5.74) is 4.93. The molecule has 0 aliphatic carbocycles. The van der Waals surface area contributed by atoms with Crippen molar-refractivity contribution < 1.29 is 4.79 Å². The number of rotatable bonds is 3. The second kappa shape index (κ2) is 6.26. The molecule has 0 aliphatic rings. The lowest BCUT2D eigenvalue weighted by Gasteiger charge is -2.08. The zero-order chi connectivity index (χ0) is 16.4. The van der Waals surface area contributed by atoms with Crippen LogP contribution in [-0.4, -0.2) is 16.1 Å². The van der Waals surface area contributed by atoms with Crippen molar-refractivity contribution in [3.8, 4) is 11.3 Å². The predicted molar refractivity (Wildman–Crippen MR) is 92.9 cm³/mol. The highest BCUT2D eigenvalue weighted by atomic mass is 35.5. The number of amides is 1. The molecule has 1 aromatic heterocycles. The molecule has 0 saturated carbocycles. The Hall–Kier alpha value is -2.59. The Balaban J connectivity index is 1.81. The SMILES string of the molecule is Cc1ccc(C)c(NC(=O)c2cc(-c3ccc(Cl)cc3)n[nH]2)c1. The van der Waals surface area contributed by atoms with Crippen LogP contribution in [0.5, 0.6) is 0 Å². The number of carbonyl (C=O) groups excluding carboxylic acids is 1. The van der Waals surface area contributed by atoms with E-state index in [1.54, 1.807) is 18.2 Å². The van der Waals surface area contributed by atoms with Crippen LogP contribution in [0.2, 0.25) is 5.02 Å². The summed E-state index contributed by atoms with van der Waals surface area (Å²) in [6.45, 7) is 3.95. The summed E-state index contributed by atoms with van der Waals surface area (Å²) >= 11 is 5.88. The summed E-state index contributed by atoms with van der Waals surface area (Å²) in [6.07, 6.45) is 0. The van der Waals surface area contributed by atoms with Crippen LogP contribution in [0.4, 0.5) is 5.69 Å². The second-order valence-corrected chi connectivity index (χ2v) is 5.88. The van der Waals surface area contributed by atoms with Crippen LogP contribution in [0.3, 0.4) is 0 Å². The number of aryl methyl sites for hydroxylation is 2. The van der Waals surface area contributed by atoms with Gasteiger partial charge in [-0.1, -0.05) is 35.9 Å². The van der Waals surface area contributed by atoms with Crippen molar-refractivity contribution in [2.75, 3.05) is 5.32 Å². The maximum atomic E-state index is 12.4. The Bertz CT molecular complexity index is 853. The van der Waals surface area contributed by atoms with Crippen molar-refractivity contribution in [1.82, 2.24) is 10.2 Å². The van der Waals surface area contributed by atoms with Crippen LogP contribution in [0.15, 0.2) is 48.5 Å². The molecule has 0 atom stereocenters. The largest absolute Gasteiger partial charge is 0.320 e. The first kappa shape index (κ1) is 15.3. The third-order valence-corrected chi connectivity index (χ3v) is 3.86. The fourth-order valence-corrected chi connectivity index (χ4v) is 2.39. The fourth-order valence-electron chi connectivity index (χ4n) is 2.27. The Kier molecular flexibility index (Phi) is 4.17. The van der Waals surface area contributed by atoms with E-state index in [0.717, 1.165) is 22.4 Å². The zero-order valence-corrected chi connectivity index (χ0v) is 13.6. The van der Waals surface area contributed by atoms with Crippen molar-refractivity contribution in [3.05, 3.63) is 70.4 Å². The van der Waals surface area contributed by atoms with E-state index in [2.05, 4.69) is 15.5 Å². The van der Waals surface area contributed by atoms with Gasteiger partial charge >= 0.3 is 0 Å². The van der Waals surface area contributed by atoms with Gasteiger partial charge in [0.1, 0.15) is 5.69 Å². The number of benzene rings is 2. The van der Waals surface area contributed by atoms with Crippen LogP contribution in [0, 0.1) is 13.8 Å². The van der Waals surface area contributed by atoms with E-state index < -0.39 is 0 Å². The molecule has 4 nitrogen and oxygen atoms in total. The molecule has 0 unspecified atom stereocenters. The van der Waals surface area contributed by atoms with E-state index in [9.17, 15) is 4.79 Å². The van der Waals surface area contributed by atoms with Gasteiger partial charge in [-0.05, 0) is 49.2 Å². The molecule has 0 bridgehead atoms. The molecular formula is C18H16ClN3O. The van der Waals surface area contributed by atoms with E-state index in [0.29, 0.717) is 16.4 Å². The molecule has 116 valence electrons. The molecule has 0 radical (unpaired) electrons. The number of nitrogens with zero attached hydrogens (tertiary/aromatic N) is 1. The number of H-pyrrole nitrogens is 1. The van der Waals surface area contributed by atoms with E-state index in [-0.39, 0.29) is 5.91 Å². The first-order valence-electron chi connectivity index (χ1n) is 7.23. The first-order chi connectivity index (χ1) is 11.0. The summed E-state index contributed by atoms with van der Waals surface area (Å²) in [7, 11) is 0. The average Bonchev–Trinajstić information content (AvgIpc) is 3.02. The van der Waals surface area contributed by atoms with Gasteiger partial charge in [-0.2, -0.15) is 5.10 Å². The van der Waals surface area contributed by atoms with Gasteiger partial charge in [-0.15, -0.1) is 0 Å². The molecule has 1 heterocycles. The maximum Gasteiger partial charge on any atom is 0.273 e. The summed E-state index contributed by atoms with van der Waals surface area (Å²) in [6, 6.07) is 15.0. The smallest absolute Gasteiger partial charge is 0.273 e. The normalized spacial score (nSPS) is 10.6. The van der Waals surface area contributed by atoms with E-state index in [1.807, 2.05) is 44.2 Å². The Morgan fingerprint density at radius 3 is 2.57 bits per heavy atom. The number of aromatic nitrogens is 2. The van der Waals surface area contributed by atoms with Crippen LogP contribution in [0.1, 0.15) is 21.6 Å². The van der Waals surface area contributed by atoms with E-state index in [1.165, 1.54) is 0 Å². The Labute approximate surface area is 139 Å². The lowest BCUT2D eigenvalue weighted by atomic mass is 10.1. The van der Waals surface area contributed by atoms with Crippen LogP contribution in [-0.2, 0) is 0 Å². The molecule has 3 rings (SSSR count). The van der Waals surface area contributed by atoms with Gasteiger partial charge in [-0.25, -0.2) is 0 Å². The minimum absolute atomic E-state index is 0.216. The molecule has 2 N–H and O–H groups in total. The molecule has 0 aliphatic heterocycles. The monoisotopic (exact) mass is 325 g/mol. The summed E-state index contributed by atoms with van der Waals surface area (Å²) in [5.74, 6) is -0.216. The number of halogens is 1.